The van der Waals surface area contributed by atoms with Crippen LogP contribution in [0.25, 0.3) is 27.5 Å². The number of benzene rings is 2. The molecule has 0 saturated heterocycles. The Labute approximate surface area is 200 Å². The summed E-state index contributed by atoms with van der Waals surface area (Å²) in [5.74, 6) is 0.823. The van der Waals surface area contributed by atoms with Crippen molar-refractivity contribution in [1.82, 2.24) is 29.6 Å². The Balaban J connectivity index is 1.05. The van der Waals surface area contributed by atoms with Crippen LogP contribution in [0.3, 0.4) is 0 Å². The molecule has 34 heavy (non-hydrogen) atoms. The molecule has 5 aromatic rings. The molecule has 2 aromatic carbocycles. The van der Waals surface area contributed by atoms with Gasteiger partial charge in [0.25, 0.3) is 0 Å². The molecule has 0 radical (unpaired) electrons. The SMILES string of the molecule is CN(Cc1c[nH]c2ccccc12)[C@H]1CC[C@@H](CCc2c[nH]c3ccc(-n4cnnc4)cc23)CC1. The van der Waals surface area contributed by atoms with Crippen molar-refractivity contribution < 1.29 is 0 Å². The summed E-state index contributed by atoms with van der Waals surface area (Å²) in [5, 5.41) is 10.6. The average molecular weight is 453 g/mol. The summed E-state index contributed by atoms with van der Waals surface area (Å²) in [6.45, 7) is 1.02. The van der Waals surface area contributed by atoms with Gasteiger partial charge in [-0.3, -0.25) is 9.47 Å². The highest BCUT2D eigenvalue weighted by atomic mass is 15.2. The van der Waals surface area contributed by atoms with Gasteiger partial charge in [0.05, 0.1) is 0 Å². The van der Waals surface area contributed by atoms with Crippen molar-refractivity contribution in [1.29, 1.82) is 0 Å². The minimum absolute atomic E-state index is 0.685. The third-order valence-electron chi connectivity index (χ3n) is 7.82. The van der Waals surface area contributed by atoms with Crippen molar-refractivity contribution in [2.75, 3.05) is 7.05 Å². The van der Waals surface area contributed by atoms with Crippen LogP contribution in [0.4, 0.5) is 0 Å². The second-order valence-corrected chi connectivity index (χ2v) is 9.90. The summed E-state index contributed by atoms with van der Waals surface area (Å²) in [7, 11) is 2.30. The number of fused-ring (bicyclic) bond motifs is 2. The van der Waals surface area contributed by atoms with E-state index in [0.717, 1.165) is 24.6 Å². The van der Waals surface area contributed by atoms with Gasteiger partial charge in [0.1, 0.15) is 12.7 Å². The molecule has 6 nitrogen and oxygen atoms in total. The lowest BCUT2D eigenvalue weighted by Gasteiger charge is -2.34. The Bertz CT molecular complexity index is 1370. The second-order valence-electron chi connectivity index (χ2n) is 9.90. The van der Waals surface area contributed by atoms with Gasteiger partial charge in [-0.25, -0.2) is 0 Å². The quantitative estimate of drug-likeness (QED) is 0.325. The predicted molar refractivity (Wildman–Crippen MR) is 137 cm³/mol. The number of aromatic amines is 2. The fourth-order valence-corrected chi connectivity index (χ4v) is 5.76. The van der Waals surface area contributed by atoms with E-state index < -0.39 is 0 Å². The van der Waals surface area contributed by atoms with Gasteiger partial charge in [0, 0.05) is 52.5 Å². The number of aromatic nitrogens is 5. The third-order valence-corrected chi connectivity index (χ3v) is 7.82. The van der Waals surface area contributed by atoms with Gasteiger partial charge in [-0.15, -0.1) is 10.2 Å². The maximum Gasteiger partial charge on any atom is 0.123 e. The van der Waals surface area contributed by atoms with Crippen LogP contribution in [-0.2, 0) is 13.0 Å². The fourth-order valence-electron chi connectivity index (χ4n) is 5.76. The molecule has 0 bridgehead atoms. The minimum Gasteiger partial charge on any atom is -0.361 e. The van der Waals surface area contributed by atoms with Crippen LogP contribution >= 0.6 is 0 Å². The maximum atomic E-state index is 3.94. The van der Waals surface area contributed by atoms with E-state index in [0.29, 0.717) is 6.04 Å². The molecule has 0 unspecified atom stereocenters. The lowest BCUT2D eigenvalue weighted by Crippen LogP contribution is -2.34. The van der Waals surface area contributed by atoms with Crippen molar-refractivity contribution in [2.45, 2.75) is 51.1 Å². The van der Waals surface area contributed by atoms with Gasteiger partial charge in [-0.1, -0.05) is 18.2 Å². The third kappa shape index (κ3) is 4.14. The van der Waals surface area contributed by atoms with Gasteiger partial charge in [0.15, 0.2) is 0 Å². The summed E-state index contributed by atoms with van der Waals surface area (Å²) in [6.07, 6.45) is 15.5. The normalized spacial score (nSPS) is 18.9. The van der Waals surface area contributed by atoms with E-state index >= 15 is 0 Å². The molecular formula is C28H32N6. The van der Waals surface area contributed by atoms with E-state index in [4.69, 9.17) is 0 Å². The maximum absolute atomic E-state index is 3.94. The van der Waals surface area contributed by atoms with Crippen LogP contribution in [-0.4, -0.2) is 42.7 Å². The molecule has 6 heteroatoms. The summed E-state index contributed by atoms with van der Waals surface area (Å²) in [5.41, 5.74) is 6.38. The van der Waals surface area contributed by atoms with E-state index in [9.17, 15) is 0 Å². The fraction of sp³-hybridized carbons (Fsp3) is 0.357. The van der Waals surface area contributed by atoms with Crippen LogP contribution in [0, 0.1) is 5.92 Å². The number of para-hydroxylation sites is 1. The van der Waals surface area contributed by atoms with Crippen molar-refractivity contribution in [3.05, 3.63) is 78.6 Å². The van der Waals surface area contributed by atoms with Gasteiger partial charge < -0.3 is 9.97 Å². The molecule has 0 aliphatic heterocycles. The molecule has 2 N–H and O–H groups in total. The summed E-state index contributed by atoms with van der Waals surface area (Å²) < 4.78 is 1.96. The number of nitrogens with zero attached hydrogens (tertiary/aromatic N) is 4. The standard InChI is InChI=1S/C28H32N6/c1-33(17-22-16-30-27-5-3-2-4-25(22)27)23-10-7-20(8-11-23)6-9-21-15-29-28-13-12-24(14-26(21)28)34-18-31-32-19-34/h2-5,12-16,18-20,23,29-30H,6-11,17H2,1H3/t20-,23+. The molecule has 3 aromatic heterocycles. The van der Waals surface area contributed by atoms with E-state index in [-0.39, 0.29) is 0 Å². The molecule has 0 spiro atoms. The first-order chi connectivity index (χ1) is 16.7. The molecule has 1 fully saturated rings. The number of nitrogens with one attached hydrogen (secondary N) is 2. The minimum atomic E-state index is 0.685. The Morgan fingerprint density at radius 3 is 2.44 bits per heavy atom. The smallest absolute Gasteiger partial charge is 0.123 e. The van der Waals surface area contributed by atoms with Crippen LogP contribution < -0.4 is 0 Å². The molecule has 1 aliphatic rings. The zero-order chi connectivity index (χ0) is 22.9. The number of hydrogen-bond donors (Lipinski definition) is 2. The number of rotatable bonds is 7. The highest BCUT2D eigenvalue weighted by Crippen LogP contribution is 2.32. The number of aryl methyl sites for hydroxylation is 1. The molecule has 1 saturated carbocycles. The van der Waals surface area contributed by atoms with Crippen molar-refractivity contribution in [3.63, 3.8) is 0 Å². The molecule has 1 aliphatic carbocycles. The first-order valence-electron chi connectivity index (χ1n) is 12.4. The van der Waals surface area contributed by atoms with Crippen molar-refractivity contribution >= 4 is 21.8 Å². The molecule has 3 heterocycles. The van der Waals surface area contributed by atoms with Crippen LogP contribution in [0.1, 0.15) is 43.2 Å². The average Bonchev–Trinajstić information content (AvgIpc) is 3.63. The summed E-state index contributed by atoms with van der Waals surface area (Å²) >= 11 is 0. The zero-order valence-corrected chi connectivity index (χ0v) is 19.7. The molecular weight excluding hydrogens is 420 g/mol. The van der Waals surface area contributed by atoms with E-state index in [2.05, 4.69) is 87.0 Å². The van der Waals surface area contributed by atoms with E-state index in [1.165, 1.54) is 65.0 Å². The largest absolute Gasteiger partial charge is 0.361 e. The first kappa shape index (κ1) is 21.2. The topological polar surface area (TPSA) is 65.5 Å². The summed E-state index contributed by atoms with van der Waals surface area (Å²) in [6, 6.07) is 15.8. The Morgan fingerprint density at radius 2 is 1.62 bits per heavy atom. The second kappa shape index (κ2) is 9.11. The molecule has 174 valence electrons. The van der Waals surface area contributed by atoms with Crippen LogP contribution in [0.2, 0.25) is 0 Å². The molecule has 0 atom stereocenters. The van der Waals surface area contributed by atoms with Gasteiger partial charge in [-0.2, -0.15) is 0 Å². The highest BCUT2D eigenvalue weighted by Gasteiger charge is 2.24. The molecule has 0 amide bonds. The monoisotopic (exact) mass is 452 g/mol. The lowest BCUT2D eigenvalue weighted by molar-refractivity contribution is 0.156. The van der Waals surface area contributed by atoms with Crippen molar-refractivity contribution in [2.24, 2.45) is 5.92 Å². The Hall–Kier alpha value is -3.38. The van der Waals surface area contributed by atoms with Crippen LogP contribution in [0.15, 0.2) is 67.5 Å². The van der Waals surface area contributed by atoms with E-state index in [1.807, 2.05) is 4.57 Å². The molecule has 6 rings (SSSR count). The number of H-pyrrole nitrogens is 2. The first-order valence-corrected chi connectivity index (χ1v) is 12.4. The van der Waals surface area contributed by atoms with Crippen molar-refractivity contribution in [3.8, 4) is 5.69 Å². The Kier molecular flexibility index (Phi) is 5.67. The summed E-state index contributed by atoms with van der Waals surface area (Å²) in [4.78, 5) is 9.44. The van der Waals surface area contributed by atoms with Crippen LogP contribution in [0.5, 0.6) is 0 Å². The lowest BCUT2D eigenvalue weighted by atomic mass is 9.82. The van der Waals surface area contributed by atoms with Gasteiger partial charge in [0.2, 0.25) is 0 Å². The zero-order valence-electron chi connectivity index (χ0n) is 19.7. The number of hydrogen-bond acceptors (Lipinski definition) is 3. The predicted octanol–water partition coefficient (Wildman–Crippen LogP) is 5.85. The van der Waals surface area contributed by atoms with Gasteiger partial charge in [-0.05, 0) is 86.9 Å². The highest BCUT2D eigenvalue weighted by molar-refractivity contribution is 5.85. The van der Waals surface area contributed by atoms with E-state index in [1.54, 1.807) is 12.7 Å². The van der Waals surface area contributed by atoms with Gasteiger partial charge >= 0.3 is 0 Å². The Morgan fingerprint density at radius 1 is 0.882 bits per heavy atom.